The van der Waals surface area contributed by atoms with E-state index in [0.717, 1.165) is 36.0 Å². The predicted molar refractivity (Wildman–Crippen MR) is 80.7 cm³/mol. The van der Waals surface area contributed by atoms with Gasteiger partial charge in [0, 0.05) is 24.8 Å². The third-order valence-electron chi connectivity index (χ3n) is 4.10. The van der Waals surface area contributed by atoms with E-state index in [1.54, 1.807) is 6.07 Å². The molecule has 0 radical (unpaired) electrons. The van der Waals surface area contributed by atoms with Crippen LogP contribution >= 0.6 is 0 Å². The van der Waals surface area contributed by atoms with E-state index in [1.165, 1.54) is 0 Å². The van der Waals surface area contributed by atoms with Gasteiger partial charge in [-0.15, -0.1) is 0 Å². The highest BCUT2D eigenvalue weighted by atomic mass is 16.3. The molecule has 0 amide bonds. The van der Waals surface area contributed by atoms with Crippen LogP contribution in [0.15, 0.2) is 30.3 Å². The third kappa shape index (κ3) is 2.12. The van der Waals surface area contributed by atoms with Gasteiger partial charge in [0.25, 0.3) is 0 Å². The highest BCUT2D eigenvalue weighted by molar-refractivity contribution is 6.01. The number of carbonyl (C=O) groups excluding carboxylic acids is 1. The van der Waals surface area contributed by atoms with E-state index in [2.05, 4.69) is 16.3 Å². The summed E-state index contributed by atoms with van der Waals surface area (Å²) in [5.74, 6) is 0.0386. The topological polar surface area (TPSA) is 52.6 Å². The zero-order valence-electron chi connectivity index (χ0n) is 11.5. The molecule has 0 bridgehead atoms. The Bertz CT molecular complexity index is 654. The molecule has 0 aromatic heterocycles. The Balaban J connectivity index is 2.00. The molecule has 1 unspecified atom stereocenters. The Morgan fingerprint density at radius 1 is 1.35 bits per heavy atom. The summed E-state index contributed by atoms with van der Waals surface area (Å²) in [4.78, 5) is 13.4. The molecule has 0 aliphatic carbocycles. The quantitative estimate of drug-likeness (QED) is 0.839. The van der Waals surface area contributed by atoms with Crippen LogP contribution in [0.1, 0.15) is 16.8 Å². The maximum atomic E-state index is 11.1. The smallest absolute Gasteiger partial charge is 0.154 e. The molecule has 1 heterocycles. The van der Waals surface area contributed by atoms with Crippen molar-refractivity contribution in [1.82, 2.24) is 5.32 Å². The third-order valence-corrected chi connectivity index (χ3v) is 4.10. The highest BCUT2D eigenvalue weighted by Gasteiger charge is 2.21. The molecule has 2 aromatic rings. The van der Waals surface area contributed by atoms with Crippen molar-refractivity contribution in [3.05, 3.63) is 35.9 Å². The lowest BCUT2D eigenvalue weighted by atomic mass is 10.0. The van der Waals surface area contributed by atoms with Gasteiger partial charge >= 0.3 is 0 Å². The second-order valence-corrected chi connectivity index (χ2v) is 5.24. The lowest BCUT2D eigenvalue weighted by Crippen LogP contribution is -2.29. The van der Waals surface area contributed by atoms with Crippen LogP contribution in [0.3, 0.4) is 0 Å². The molecule has 20 heavy (non-hydrogen) atoms. The summed E-state index contributed by atoms with van der Waals surface area (Å²) in [7, 11) is 1.99. The number of aromatic hydroxyl groups is 1. The number of carbonyl (C=O) groups is 1. The largest absolute Gasteiger partial charge is 0.507 e. The van der Waals surface area contributed by atoms with Gasteiger partial charge < -0.3 is 15.3 Å². The number of nitrogens with zero attached hydrogens (tertiary/aromatic N) is 1. The van der Waals surface area contributed by atoms with E-state index in [9.17, 15) is 9.90 Å². The Hall–Kier alpha value is -2.07. The van der Waals surface area contributed by atoms with Gasteiger partial charge in [-0.05, 0) is 42.4 Å². The molecule has 0 saturated carbocycles. The van der Waals surface area contributed by atoms with Gasteiger partial charge in [-0.25, -0.2) is 0 Å². The van der Waals surface area contributed by atoms with Crippen LogP contribution in [-0.2, 0) is 0 Å². The summed E-state index contributed by atoms with van der Waals surface area (Å²) in [5, 5.41) is 14.8. The van der Waals surface area contributed by atoms with Crippen molar-refractivity contribution in [2.24, 2.45) is 0 Å². The first-order valence-electron chi connectivity index (χ1n) is 6.86. The zero-order chi connectivity index (χ0) is 14.1. The summed E-state index contributed by atoms with van der Waals surface area (Å²) < 4.78 is 0. The van der Waals surface area contributed by atoms with Crippen LogP contribution in [0.2, 0.25) is 0 Å². The number of nitrogens with one attached hydrogen (secondary N) is 1. The van der Waals surface area contributed by atoms with E-state index < -0.39 is 0 Å². The lowest BCUT2D eigenvalue weighted by Gasteiger charge is -2.19. The first kappa shape index (κ1) is 12.9. The van der Waals surface area contributed by atoms with Gasteiger partial charge in [-0.3, -0.25) is 4.79 Å². The van der Waals surface area contributed by atoms with Crippen LogP contribution in [0.4, 0.5) is 5.69 Å². The normalized spacial score (nSPS) is 18.6. The monoisotopic (exact) mass is 270 g/mol. The van der Waals surface area contributed by atoms with E-state index >= 15 is 0 Å². The first-order valence-corrected chi connectivity index (χ1v) is 6.86. The van der Waals surface area contributed by atoms with Gasteiger partial charge in [0.1, 0.15) is 5.75 Å². The van der Waals surface area contributed by atoms with Crippen LogP contribution in [0.25, 0.3) is 10.8 Å². The van der Waals surface area contributed by atoms with Crippen molar-refractivity contribution < 1.29 is 9.90 Å². The molecule has 1 saturated heterocycles. The number of fused-ring (bicyclic) bond motifs is 1. The van der Waals surface area contributed by atoms with E-state index in [4.69, 9.17) is 0 Å². The molecule has 4 nitrogen and oxygen atoms in total. The molecule has 104 valence electrons. The van der Waals surface area contributed by atoms with Crippen molar-refractivity contribution >= 4 is 22.7 Å². The molecule has 1 atom stereocenters. The van der Waals surface area contributed by atoms with Crippen molar-refractivity contribution in [2.45, 2.75) is 12.5 Å². The summed E-state index contributed by atoms with van der Waals surface area (Å²) in [6, 6.07) is 9.99. The van der Waals surface area contributed by atoms with E-state index in [-0.39, 0.29) is 5.75 Å². The molecule has 1 fully saturated rings. The molecule has 2 N–H and O–H groups in total. The minimum absolute atomic E-state index is 0.0386. The average Bonchev–Trinajstić information content (AvgIpc) is 2.95. The van der Waals surface area contributed by atoms with Gasteiger partial charge in [0.05, 0.1) is 5.56 Å². The number of hydrogen-bond donors (Lipinski definition) is 2. The predicted octanol–water partition coefficient (Wildman–Crippen LogP) is 2.16. The second-order valence-electron chi connectivity index (χ2n) is 5.24. The maximum absolute atomic E-state index is 11.1. The second kappa shape index (κ2) is 5.13. The first-order chi connectivity index (χ1) is 9.72. The maximum Gasteiger partial charge on any atom is 0.154 e. The Kier molecular flexibility index (Phi) is 3.32. The molecular weight excluding hydrogens is 252 g/mol. The van der Waals surface area contributed by atoms with E-state index in [1.807, 2.05) is 25.2 Å². The molecule has 1 aliphatic rings. The molecule has 4 heteroatoms. The van der Waals surface area contributed by atoms with Crippen molar-refractivity contribution in [2.75, 3.05) is 25.0 Å². The number of rotatable bonds is 3. The van der Waals surface area contributed by atoms with Crippen LogP contribution in [0.5, 0.6) is 5.75 Å². The SMILES string of the molecule is CNC1CCN(c2ccc3c(C=O)c(O)ccc3c2)C1. The zero-order valence-corrected chi connectivity index (χ0v) is 11.5. The number of likely N-dealkylation sites (N-methyl/N-ethyl adjacent to an activating group) is 1. The minimum Gasteiger partial charge on any atom is -0.507 e. The number of benzene rings is 2. The minimum atomic E-state index is 0.0386. The fourth-order valence-corrected chi connectivity index (χ4v) is 2.88. The molecular formula is C16H18N2O2. The van der Waals surface area contributed by atoms with Crippen molar-refractivity contribution in [3.8, 4) is 5.75 Å². The molecule has 3 rings (SSSR count). The molecule has 2 aromatic carbocycles. The summed E-state index contributed by atoms with van der Waals surface area (Å²) in [6.45, 7) is 2.04. The standard InChI is InChI=1S/C16H18N2O2/c1-17-12-6-7-18(9-12)13-3-4-14-11(8-13)2-5-16(20)15(14)10-19/h2-5,8,10,12,17,20H,6-7,9H2,1H3. The average molecular weight is 270 g/mol. The van der Waals surface area contributed by atoms with Gasteiger partial charge in [-0.2, -0.15) is 0 Å². The number of phenolic OH excluding ortho intramolecular Hbond substituents is 1. The number of phenols is 1. The lowest BCUT2D eigenvalue weighted by molar-refractivity contribution is 0.112. The fraction of sp³-hybridized carbons (Fsp3) is 0.312. The van der Waals surface area contributed by atoms with Gasteiger partial charge in [0.15, 0.2) is 6.29 Å². The number of hydrogen-bond acceptors (Lipinski definition) is 4. The summed E-state index contributed by atoms with van der Waals surface area (Å²) in [6.07, 6.45) is 1.86. The van der Waals surface area contributed by atoms with Gasteiger partial charge in [0.2, 0.25) is 0 Å². The Labute approximate surface area is 118 Å². The highest BCUT2D eigenvalue weighted by Crippen LogP contribution is 2.30. The molecule has 1 aliphatic heterocycles. The van der Waals surface area contributed by atoms with Crippen LogP contribution < -0.4 is 10.2 Å². The number of anilines is 1. The van der Waals surface area contributed by atoms with Gasteiger partial charge in [-0.1, -0.05) is 12.1 Å². The summed E-state index contributed by atoms with van der Waals surface area (Å²) in [5.41, 5.74) is 1.53. The van der Waals surface area contributed by atoms with E-state index in [0.29, 0.717) is 17.9 Å². The number of aldehydes is 1. The van der Waals surface area contributed by atoms with Crippen LogP contribution in [0, 0.1) is 0 Å². The fourth-order valence-electron chi connectivity index (χ4n) is 2.88. The van der Waals surface area contributed by atoms with Crippen LogP contribution in [-0.4, -0.2) is 37.6 Å². The molecule has 0 spiro atoms. The Morgan fingerprint density at radius 2 is 2.20 bits per heavy atom. The van der Waals surface area contributed by atoms with Crippen molar-refractivity contribution in [3.63, 3.8) is 0 Å². The summed E-state index contributed by atoms with van der Waals surface area (Å²) >= 11 is 0. The van der Waals surface area contributed by atoms with Crippen molar-refractivity contribution in [1.29, 1.82) is 0 Å². The Morgan fingerprint density at radius 3 is 2.90 bits per heavy atom.